The summed E-state index contributed by atoms with van der Waals surface area (Å²) in [6.07, 6.45) is 5.93. The summed E-state index contributed by atoms with van der Waals surface area (Å²) in [7, 11) is -1.86. The number of likely N-dealkylation sites (N-methyl/N-ethyl adjacent to an activating group) is 1. The smallest absolute Gasteiger partial charge is 0.268 e. The molecule has 0 atom stereocenters. The summed E-state index contributed by atoms with van der Waals surface area (Å²) in [6, 6.07) is 8.81. The zero-order valence-electron chi connectivity index (χ0n) is 15.7. The van der Waals surface area contributed by atoms with Crippen LogP contribution in [-0.2, 0) is 10.0 Å². The summed E-state index contributed by atoms with van der Waals surface area (Å²) >= 11 is 0. The molecule has 0 bridgehead atoms. The lowest BCUT2D eigenvalue weighted by Gasteiger charge is -2.21. The third kappa shape index (κ3) is 2.95. The van der Waals surface area contributed by atoms with Gasteiger partial charge in [-0.2, -0.15) is 0 Å². The van der Waals surface area contributed by atoms with Crippen molar-refractivity contribution < 1.29 is 17.3 Å². The van der Waals surface area contributed by atoms with Crippen molar-refractivity contribution in [1.29, 1.82) is 0 Å². The van der Waals surface area contributed by atoms with E-state index >= 15 is 0 Å². The predicted molar refractivity (Wildman–Crippen MR) is 109 cm³/mol. The molecule has 0 amide bonds. The molecule has 8 heteroatoms. The molecule has 2 aromatic heterocycles. The van der Waals surface area contributed by atoms with Gasteiger partial charge in [0.15, 0.2) is 5.58 Å². The Morgan fingerprint density at radius 1 is 1.17 bits per heavy atom. The minimum absolute atomic E-state index is 0.123. The van der Waals surface area contributed by atoms with Gasteiger partial charge in [-0.3, -0.25) is 0 Å². The van der Waals surface area contributed by atoms with Gasteiger partial charge in [-0.15, -0.1) is 0 Å². The highest BCUT2D eigenvalue weighted by atomic mass is 32.2. The number of halogens is 1. The van der Waals surface area contributed by atoms with Gasteiger partial charge < -0.3 is 9.42 Å². The molecular weight excluding hydrogens is 393 g/mol. The van der Waals surface area contributed by atoms with Crippen molar-refractivity contribution in [3.8, 4) is 0 Å². The zero-order valence-corrected chi connectivity index (χ0v) is 16.5. The monoisotopic (exact) mass is 411 g/mol. The summed E-state index contributed by atoms with van der Waals surface area (Å²) in [5.74, 6) is -0.395. The van der Waals surface area contributed by atoms with Crippen LogP contribution in [0.4, 0.5) is 4.39 Å². The summed E-state index contributed by atoms with van der Waals surface area (Å²) in [6.45, 7) is 1.64. The van der Waals surface area contributed by atoms with E-state index in [1.54, 1.807) is 12.3 Å². The van der Waals surface area contributed by atoms with Crippen molar-refractivity contribution in [3.63, 3.8) is 0 Å². The van der Waals surface area contributed by atoms with Crippen LogP contribution < -0.4 is 0 Å². The van der Waals surface area contributed by atoms with Gasteiger partial charge in [0.1, 0.15) is 5.82 Å². The van der Waals surface area contributed by atoms with E-state index in [1.807, 2.05) is 7.05 Å². The summed E-state index contributed by atoms with van der Waals surface area (Å²) in [5.41, 5.74) is 2.75. The average Bonchev–Trinajstić information content (AvgIpc) is 3.32. The molecule has 0 radical (unpaired) electrons. The van der Waals surface area contributed by atoms with Crippen molar-refractivity contribution in [3.05, 3.63) is 66.2 Å². The van der Waals surface area contributed by atoms with Crippen LogP contribution in [0.2, 0.25) is 0 Å². The van der Waals surface area contributed by atoms with Crippen LogP contribution in [0.5, 0.6) is 0 Å². The molecule has 3 heterocycles. The molecule has 1 aliphatic rings. The lowest BCUT2D eigenvalue weighted by atomic mass is 9.99. The molecule has 4 aromatic rings. The predicted octanol–water partition coefficient (Wildman–Crippen LogP) is 3.88. The third-order valence-corrected chi connectivity index (χ3v) is 7.04. The van der Waals surface area contributed by atoms with Gasteiger partial charge in [0, 0.05) is 35.6 Å². The highest BCUT2D eigenvalue weighted by Crippen LogP contribution is 2.34. The molecule has 0 aliphatic carbocycles. The zero-order chi connectivity index (χ0) is 20.2. The van der Waals surface area contributed by atoms with E-state index < -0.39 is 15.8 Å². The molecule has 0 spiro atoms. The fraction of sp³-hybridized carbons (Fsp3) is 0.190. The summed E-state index contributed by atoms with van der Waals surface area (Å²) in [5, 5.41) is 4.90. The molecule has 1 aliphatic heterocycles. The SMILES string of the molecule is CN1CC=C(c2cn(S(=O)(=O)c3ccc4oncc4c3)c3ccc(F)cc23)CC1. The van der Waals surface area contributed by atoms with Crippen LogP contribution in [0, 0.1) is 5.82 Å². The summed E-state index contributed by atoms with van der Waals surface area (Å²) in [4.78, 5) is 2.30. The van der Waals surface area contributed by atoms with Crippen molar-refractivity contribution in [2.75, 3.05) is 20.1 Å². The van der Waals surface area contributed by atoms with Crippen molar-refractivity contribution in [2.24, 2.45) is 0 Å². The Morgan fingerprint density at radius 3 is 2.83 bits per heavy atom. The van der Waals surface area contributed by atoms with Gasteiger partial charge in [0.2, 0.25) is 0 Å². The molecule has 0 fully saturated rings. The first-order valence-corrected chi connectivity index (χ1v) is 10.7. The van der Waals surface area contributed by atoms with Crippen LogP contribution in [0.15, 0.2) is 64.3 Å². The first-order chi connectivity index (χ1) is 13.9. The molecule has 29 heavy (non-hydrogen) atoms. The van der Waals surface area contributed by atoms with E-state index in [-0.39, 0.29) is 4.90 Å². The average molecular weight is 411 g/mol. The van der Waals surface area contributed by atoms with Crippen LogP contribution in [0.1, 0.15) is 12.0 Å². The Morgan fingerprint density at radius 2 is 2.03 bits per heavy atom. The molecule has 2 aromatic carbocycles. The second-order valence-electron chi connectivity index (χ2n) is 7.27. The molecular formula is C21H18FN3O3S. The van der Waals surface area contributed by atoms with Crippen LogP contribution >= 0.6 is 0 Å². The topological polar surface area (TPSA) is 68.3 Å². The minimum atomic E-state index is -3.89. The lowest BCUT2D eigenvalue weighted by molar-refractivity contribution is 0.370. The van der Waals surface area contributed by atoms with Gasteiger partial charge in [0.25, 0.3) is 10.0 Å². The quantitative estimate of drug-likeness (QED) is 0.512. The van der Waals surface area contributed by atoms with Crippen molar-refractivity contribution in [2.45, 2.75) is 11.3 Å². The Labute approximate surface area is 166 Å². The Balaban J connectivity index is 1.72. The van der Waals surface area contributed by atoms with Gasteiger partial charge in [-0.05, 0) is 55.4 Å². The maximum absolute atomic E-state index is 14.0. The number of aromatic nitrogens is 2. The Hall–Kier alpha value is -2.97. The van der Waals surface area contributed by atoms with Crippen LogP contribution in [-0.4, -0.2) is 42.6 Å². The van der Waals surface area contributed by atoms with Gasteiger partial charge in [-0.1, -0.05) is 11.2 Å². The lowest BCUT2D eigenvalue weighted by Crippen LogP contribution is -2.23. The highest BCUT2D eigenvalue weighted by molar-refractivity contribution is 7.90. The molecule has 0 saturated carbocycles. The van der Waals surface area contributed by atoms with E-state index in [4.69, 9.17) is 4.52 Å². The molecule has 148 valence electrons. The van der Waals surface area contributed by atoms with Gasteiger partial charge in [-0.25, -0.2) is 16.8 Å². The van der Waals surface area contributed by atoms with E-state index in [0.29, 0.717) is 21.9 Å². The molecule has 5 rings (SSSR count). The summed E-state index contributed by atoms with van der Waals surface area (Å²) < 4.78 is 47.2. The highest BCUT2D eigenvalue weighted by Gasteiger charge is 2.24. The van der Waals surface area contributed by atoms with Crippen LogP contribution in [0.3, 0.4) is 0 Å². The normalized spacial score (nSPS) is 15.9. The minimum Gasteiger partial charge on any atom is -0.356 e. The fourth-order valence-electron chi connectivity index (χ4n) is 3.77. The maximum atomic E-state index is 14.0. The first-order valence-electron chi connectivity index (χ1n) is 9.22. The third-order valence-electron chi connectivity index (χ3n) is 5.37. The first kappa shape index (κ1) is 18.1. The fourth-order valence-corrected chi connectivity index (χ4v) is 5.17. The number of nitrogens with zero attached hydrogens (tertiary/aromatic N) is 3. The van der Waals surface area contributed by atoms with E-state index in [1.165, 1.54) is 40.5 Å². The van der Waals surface area contributed by atoms with Crippen LogP contribution in [0.25, 0.3) is 27.4 Å². The molecule has 0 saturated heterocycles. The second-order valence-corrected chi connectivity index (χ2v) is 9.09. The number of fused-ring (bicyclic) bond motifs is 2. The van der Waals surface area contributed by atoms with E-state index in [9.17, 15) is 12.8 Å². The van der Waals surface area contributed by atoms with Gasteiger partial charge >= 0.3 is 0 Å². The van der Waals surface area contributed by atoms with Crippen molar-refractivity contribution in [1.82, 2.24) is 14.0 Å². The number of hydrogen-bond acceptors (Lipinski definition) is 5. The number of hydrogen-bond donors (Lipinski definition) is 0. The van der Waals surface area contributed by atoms with Gasteiger partial charge in [0.05, 0.1) is 16.6 Å². The number of rotatable bonds is 3. The van der Waals surface area contributed by atoms with Crippen molar-refractivity contribution >= 4 is 37.5 Å². The maximum Gasteiger partial charge on any atom is 0.268 e. The Kier molecular flexibility index (Phi) is 4.07. The molecule has 0 unspecified atom stereocenters. The standard InChI is InChI=1S/C21H18FN3O3S/c1-24-8-6-14(7-9-24)19-13-25(20-4-2-16(22)11-18(19)20)29(26,27)17-3-5-21-15(10-17)12-23-28-21/h2-6,10-13H,7-9H2,1H3. The van der Waals surface area contributed by atoms with E-state index in [0.717, 1.165) is 30.6 Å². The number of benzene rings is 2. The Bertz CT molecular complexity index is 1380. The second kappa shape index (κ2) is 6.53. The molecule has 6 nitrogen and oxygen atoms in total. The van der Waals surface area contributed by atoms with E-state index in [2.05, 4.69) is 16.1 Å². The largest absolute Gasteiger partial charge is 0.356 e. The molecule has 0 N–H and O–H groups in total.